The highest BCUT2D eigenvalue weighted by Crippen LogP contribution is 2.30. The summed E-state index contributed by atoms with van der Waals surface area (Å²) in [4.78, 5) is 29.0. The van der Waals surface area contributed by atoms with Crippen molar-refractivity contribution >= 4 is 17.5 Å². The Bertz CT molecular complexity index is 1200. The summed E-state index contributed by atoms with van der Waals surface area (Å²) in [5.74, 6) is -1.98. The topological polar surface area (TPSA) is 115 Å². The molecule has 0 spiro atoms. The molecular formula is C20H18F2N6O4. The highest BCUT2D eigenvalue weighted by atomic mass is 19.1. The van der Waals surface area contributed by atoms with Crippen LogP contribution in [0.25, 0.3) is 11.3 Å². The predicted molar refractivity (Wildman–Crippen MR) is 109 cm³/mol. The van der Waals surface area contributed by atoms with Crippen LogP contribution in [0.3, 0.4) is 0 Å². The minimum absolute atomic E-state index is 0.0170. The predicted octanol–water partition coefficient (Wildman–Crippen LogP) is 3.33. The van der Waals surface area contributed by atoms with Gasteiger partial charge in [0.1, 0.15) is 11.6 Å². The van der Waals surface area contributed by atoms with Gasteiger partial charge in [0.05, 0.1) is 48.7 Å². The lowest BCUT2D eigenvalue weighted by molar-refractivity contribution is -0.384. The average molecular weight is 444 g/mol. The van der Waals surface area contributed by atoms with E-state index in [1.807, 2.05) is 0 Å². The van der Waals surface area contributed by atoms with Gasteiger partial charge in [0.2, 0.25) is 5.82 Å². The van der Waals surface area contributed by atoms with Crippen LogP contribution in [0.15, 0.2) is 36.5 Å². The summed E-state index contributed by atoms with van der Waals surface area (Å²) in [5, 5.41) is 18.1. The highest BCUT2D eigenvalue weighted by molar-refractivity contribution is 5.91. The third-order valence-corrected chi connectivity index (χ3v) is 5.03. The SMILES string of the molecule is COCCn1ncc2c1CN(C(=O)Nc1nc(-c3ccc(F)cc3F)ccc1[N+](=O)[O-])C2. The van der Waals surface area contributed by atoms with Crippen LogP contribution in [0.2, 0.25) is 0 Å². The number of hydrogen-bond acceptors (Lipinski definition) is 6. The molecule has 0 fully saturated rings. The third-order valence-electron chi connectivity index (χ3n) is 5.03. The van der Waals surface area contributed by atoms with E-state index in [1.165, 1.54) is 17.0 Å². The fourth-order valence-corrected chi connectivity index (χ4v) is 3.44. The second-order valence-corrected chi connectivity index (χ2v) is 7.06. The van der Waals surface area contributed by atoms with E-state index in [-0.39, 0.29) is 30.2 Å². The van der Waals surface area contributed by atoms with E-state index in [4.69, 9.17) is 4.74 Å². The number of anilines is 1. The number of carbonyl (C=O) groups is 1. The van der Waals surface area contributed by atoms with Crippen LogP contribution < -0.4 is 5.32 Å². The van der Waals surface area contributed by atoms with Gasteiger partial charge in [-0.05, 0) is 18.2 Å². The Hall–Kier alpha value is -3.93. The number of ether oxygens (including phenoxy) is 1. The summed E-state index contributed by atoms with van der Waals surface area (Å²) < 4.78 is 34.2. The minimum Gasteiger partial charge on any atom is -0.383 e. The average Bonchev–Trinajstić information content (AvgIpc) is 3.33. The zero-order valence-corrected chi connectivity index (χ0v) is 16.9. The monoisotopic (exact) mass is 444 g/mol. The van der Waals surface area contributed by atoms with E-state index in [9.17, 15) is 23.7 Å². The number of carbonyl (C=O) groups excluding carboxylic acids is 1. The molecule has 0 radical (unpaired) electrons. The summed E-state index contributed by atoms with van der Waals surface area (Å²) in [6.07, 6.45) is 1.66. The van der Waals surface area contributed by atoms with Crippen molar-refractivity contribution in [2.75, 3.05) is 19.0 Å². The molecule has 1 aliphatic rings. The summed E-state index contributed by atoms with van der Waals surface area (Å²) >= 11 is 0. The molecule has 1 N–H and O–H groups in total. The van der Waals surface area contributed by atoms with E-state index >= 15 is 0 Å². The lowest BCUT2D eigenvalue weighted by Crippen LogP contribution is -2.31. The lowest BCUT2D eigenvalue weighted by Gasteiger charge is -2.17. The maximum absolute atomic E-state index is 14.2. The van der Waals surface area contributed by atoms with Gasteiger partial charge in [-0.15, -0.1) is 0 Å². The standard InChI is InChI=1S/C20H18F2N6O4/c1-32-7-6-27-18-11-26(10-12(18)9-23-27)20(29)25-19-17(28(30)31)5-4-16(24-19)14-3-2-13(21)8-15(14)22/h2-5,8-9H,6-7,10-11H2,1H3,(H,24,25,29). The molecular weight excluding hydrogens is 426 g/mol. The Kier molecular flexibility index (Phi) is 5.77. The van der Waals surface area contributed by atoms with Crippen molar-refractivity contribution in [2.24, 2.45) is 0 Å². The summed E-state index contributed by atoms with van der Waals surface area (Å²) in [6.45, 7) is 1.52. The van der Waals surface area contributed by atoms with Crippen LogP contribution in [-0.2, 0) is 24.4 Å². The first-order valence-corrected chi connectivity index (χ1v) is 9.56. The molecule has 1 aliphatic heterocycles. The molecule has 4 rings (SSSR count). The number of nitrogens with zero attached hydrogens (tertiary/aromatic N) is 5. The van der Waals surface area contributed by atoms with Crippen molar-refractivity contribution < 1.29 is 23.2 Å². The van der Waals surface area contributed by atoms with Crippen LogP contribution in [0.4, 0.5) is 25.1 Å². The van der Waals surface area contributed by atoms with Crippen LogP contribution in [0.5, 0.6) is 0 Å². The van der Waals surface area contributed by atoms with Gasteiger partial charge in [0.15, 0.2) is 0 Å². The molecule has 2 amide bonds. The Morgan fingerprint density at radius 1 is 1.28 bits per heavy atom. The Morgan fingerprint density at radius 3 is 2.81 bits per heavy atom. The van der Waals surface area contributed by atoms with E-state index < -0.39 is 28.3 Å². The number of pyridine rings is 1. The van der Waals surface area contributed by atoms with Crippen molar-refractivity contribution in [1.29, 1.82) is 0 Å². The number of amides is 2. The molecule has 10 nitrogen and oxygen atoms in total. The number of nitrogens with one attached hydrogen (secondary N) is 1. The van der Waals surface area contributed by atoms with Gasteiger partial charge in [-0.1, -0.05) is 0 Å². The van der Waals surface area contributed by atoms with Crippen LogP contribution in [0, 0.1) is 21.7 Å². The fraction of sp³-hybridized carbons (Fsp3) is 0.250. The number of halogens is 2. The molecule has 3 aromatic rings. The molecule has 0 saturated heterocycles. The second-order valence-electron chi connectivity index (χ2n) is 7.06. The number of methoxy groups -OCH3 is 1. The first kappa shape index (κ1) is 21.3. The van der Waals surface area contributed by atoms with E-state index in [0.29, 0.717) is 19.2 Å². The summed E-state index contributed by atoms with van der Waals surface area (Å²) in [6, 6.07) is 4.65. The first-order chi connectivity index (χ1) is 15.4. The number of rotatable bonds is 6. The number of urea groups is 1. The Morgan fingerprint density at radius 2 is 2.09 bits per heavy atom. The number of nitro groups is 1. The minimum atomic E-state index is -0.876. The van der Waals surface area contributed by atoms with Crippen molar-refractivity contribution in [3.63, 3.8) is 0 Å². The summed E-state index contributed by atoms with van der Waals surface area (Å²) in [7, 11) is 1.58. The Balaban J connectivity index is 1.57. The van der Waals surface area contributed by atoms with E-state index in [2.05, 4.69) is 15.4 Å². The van der Waals surface area contributed by atoms with Gasteiger partial charge in [-0.2, -0.15) is 5.10 Å². The largest absolute Gasteiger partial charge is 0.383 e. The zero-order chi connectivity index (χ0) is 22.8. The van der Waals surface area contributed by atoms with Crippen molar-refractivity contribution in [3.8, 4) is 11.3 Å². The van der Waals surface area contributed by atoms with Gasteiger partial charge in [-0.3, -0.25) is 20.1 Å². The van der Waals surface area contributed by atoms with Gasteiger partial charge < -0.3 is 9.64 Å². The van der Waals surface area contributed by atoms with Crippen LogP contribution in [0.1, 0.15) is 11.3 Å². The molecule has 2 aromatic heterocycles. The second kappa shape index (κ2) is 8.67. The van der Waals surface area contributed by atoms with Crippen molar-refractivity contribution in [3.05, 3.63) is 69.5 Å². The molecule has 0 aliphatic carbocycles. The van der Waals surface area contributed by atoms with E-state index in [0.717, 1.165) is 23.4 Å². The van der Waals surface area contributed by atoms with Gasteiger partial charge >= 0.3 is 11.7 Å². The quantitative estimate of drug-likeness (QED) is 0.461. The number of fused-ring (bicyclic) bond motifs is 1. The molecule has 1 aromatic carbocycles. The zero-order valence-electron chi connectivity index (χ0n) is 16.9. The normalized spacial score (nSPS) is 12.7. The molecule has 3 heterocycles. The van der Waals surface area contributed by atoms with Crippen molar-refractivity contribution in [1.82, 2.24) is 19.7 Å². The maximum atomic E-state index is 14.2. The third kappa shape index (κ3) is 4.12. The van der Waals surface area contributed by atoms with Gasteiger partial charge in [0.25, 0.3) is 0 Å². The highest BCUT2D eigenvalue weighted by Gasteiger charge is 2.29. The Labute approximate surface area is 180 Å². The molecule has 12 heteroatoms. The fourth-order valence-electron chi connectivity index (χ4n) is 3.44. The number of aromatic nitrogens is 3. The first-order valence-electron chi connectivity index (χ1n) is 9.56. The van der Waals surface area contributed by atoms with Gasteiger partial charge in [0, 0.05) is 30.4 Å². The summed E-state index contributed by atoms with van der Waals surface area (Å²) in [5.41, 5.74) is 1.22. The molecule has 0 unspecified atom stereocenters. The smallest absolute Gasteiger partial charge is 0.323 e. The number of benzene rings is 1. The van der Waals surface area contributed by atoms with E-state index in [1.54, 1.807) is 18.0 Å². The van der Waals surface area contributed by atoms with Gasteiger partial charge in [-0.25, -0.2) is 18.6 Å². The maximum Gasteiger partial charge on any atom is 0.323 e. The lowest BCUT2D eigenvalue weighted by atomic mass is 10.1. The number of hydrogen-bond donors (Lipinski definition) is 1. The molecule has 166 valence electrons. The van der Waals surface area contributed by atoms with Crippen LogP contribution >= 0.6 is 0 Å². The molecule has 32 heavy (non-hydrogen) atoms. The van der Waals surface area contributed by atoms with Crippen LogP contribution in [-0.4, -0.2) is 44.3 Å². The molecule has 0 atom stereocenters. The van der Waals surface area contributed by atoms with Crippen molar-refractivity contribution in [2.45, 2.75) is 19.6 Å². The molecule has 0 bridgehead atoms. The molecule has 0 saturated carbocycles.